The van der Waals surface area contributed by atoms with Gasteiger partial charge in [0.25, 0.3) is 0 Å². The van der Waals surface area contributed by atoms with Gasteiger partial charge in [0.15, 0.2) is 0 Å². The standard InChI is InChI=1S/C17H16N2OS/c1-12-2-4-13(5-3-12)17-19-15(10-20-17)11-21-16-8-6-14(18)7-9-16/h2-10H,11,18H2,1H3. The molecule has 3 aromatic rings. The number of nitrogens with zero attached hydrogens (tertiary/aromatic N) is 1. The van der Waals surface area contributed by atoms with Gasteiger partial charge < -0.3 is 10.2 Å². The summed E-state index contributed by atoms with van der Waals surface area (Å²) in [6.45, 7) is 2.06. The Balaban J connectivity index is 1.67. The Bertz CT molecular complexity index is 717. The third-order valence-corrected chi connectivity index (χ3v) is 4.16. The van der Waals surface area contributed by atoms with E-state index in [4.69, 9.17) is 10.2 Å². The molecule has 0 unspecified atom stereocenters. The predicted octanol–water partition coefficient (Wildman–Crippen LogP) is 4.52. The predicted molar refractivity (Wildman–Crippen MR) is 87.1 cm³/mol. The summed E-state index contributed by atoms with van der Waals surface area (Å²) in [4.78, 5) is 5.70. The smallest absolute Gasteiger partial charge is 0.226 e. The molecule has 3 rings (SSSR count). The average molecular weight is 296 g/mol. The maximum Gasteiger partial charge on any atom is 0.226 e. The molecule has 0 radical (unpaired) electrons. The van der Waals surface area contributed by atoms with Gasteiger partial charge in [-0.25, -0.2) is 4.98 Å². The lowest BCUT2D eigenvalue weighted by Gasteiger charge is -1.99. The summed E-state index contributed by atoms with van der Waals surface area (Å²) in [7, 11) is 0. The lowest BCUT2D eigenvalue weighted by Crippen LogP contribution is -1.84. The SMILES string of the molecule is Cc1ccc(-c2nc(CSc3ccc(N)cc3)co2)cc1. The molecule has 0 aliphatic rings. The van der Waals surface area contributed by atoms with Crippen LogP contribution in [0.2, 0.25) is 0 Å². The van der Waals surface area contributed by atoms with Crippen molar-refractivity contribution >= 4 is 17.4 Å². The van der Waals surface area contributed by atoms with E-state index in [1.165, 1.54) is 10.5 Å². The number of rotatable bonds is 4. The van der Waals surface area contributed by atoms with E-state index in [9.17, 15) is 0 Å². The topological polar surface area (TPSA) is 52.0 Å². The molecular weight excluding hydrogens is 280 g/mol. The van der Waals surface area contributed by atoms with E-state index in [1.807, 2.05) is 36.4 Å². The first-order valence-corrected chi connectivity index (χ1v) is 7.69. The van der Waals surface area contributed by atoms with Crippen molar-refractivity contribution in [1.82, 2.24) is 4.98 Å². The van der Waals surface area contributed by atoms with Crippen molar-refractivity contribution in [1.29, 1.82) is 0 Å². The third-order valence-electron chi connectivity index (χ3n) is 3.12. The molecule has 21 heavy (non-hydrogen) atoms. The number of oxazole rings is 1. The molecule has 0 amide bonds. The van der Waals surface area contributed by atoms with Gasteiger partial charge >= 0.3 is 0 Å². The molecule has 0 aliphatic heterocycles. The van der Waals surface area contributed by atoms with Crippen LogP contribution in [0.4, 0.5) is 5.69 Å². The van der Waals surface area contributed by atoms with Crippen LogP contribution >= 0.6 is 11.8 Å². The minimum atomic E-state index is 0.669. The normalized spacial score (nSPS) is 10.7. The molecule has 1 heterocycles. The minimum Gasteiger partial charge on any atom is -0.444 e. The summed E-state index contributed by atoms with van der Waals surface area (Å²) in [5.74, 6) is 1.45. The number of aromatic nitrogens is 1. The molecular formula is C17H16N2OS. The van der Waals surface area contributed by atoms with Gasteiger partial charge in [-0.1, -0.05) is 17.7 Å². The molecule has 0 atom stereocenters. The molecule has 1 aromatic heterocycles. The Morgan fingerprint density at radius 2 is 1.76 bits per heavy atom. The van der Waals surface area contributed by atoms with Crippen LogP contribution in [0.3, 0.4) is 0 Å². The van der Waals surface area contributed by atoms with E-state index in [2.05, 4.69) is 24.0 Å². The number of hydrogen-bond acceptors (Lipinski definition) is 4. The van der Waals surface area contributed by atoms with Gasteiger partial charge in [0, 0.05) is 21.9 Å². The highest BCUT2D eigenvalue weighted by Crippen LogP contribution is 2.25. The van der Waals surface area contributed by atoms with Crippen molar-refractivity contribution in [2.45, 2.75) is 17.6 Å². The first kappa shape index (κ1) is 13.8. The van der Waals surface area contributed by atoms with E-state index < -0.39 is 0 Å². The molecule has 0 saturated carbocycles. The van der Waals surface area contributed by atoms with E-state index in [1.54, 1.807) is 18.0 Å². The molecule has 2 N–H and O–H groups in total. The van der Waals surface area contributed by atoms with Crippen LogP contribution in [0.1, 0.15) is 11.3 Å². The van der Waals surface area contributed by atoms with Crippen LogP contribution in [0.15, 0.2) is 64.1 Å². The van der Waals surface area contributed by atoms with Gasteiger partial charge in [-0.3, -0.25) is 0 Å². The molecule has 0 aliphatic carbocycles. The summed E-state index contributed by atoms with van der Waals surface area (Å²) in [5.41, 5.74) is 9.62. The Kier molecular flexibility index (Phi) is 3.97. The van der Waals surface area contributed by atoms with Gasteiger partial charge in [-0.15, -0.1) is 11.8 Å². The molecule has 0 saturated heterocycles. The largest absolute Gasteiger partial charge is 0.444 e. The summed E-state index contributed by atoms with van der Waals surface area (Å²) < 4.78 is 5.55. The molecule has 3 nitrogen and oxygen atoms in total. The van der Waals surface area contributed by atoms with Crippen LogP contribution < -0.4 is 5.73 Å². The van der Waals surface area contributed by atoms with Crippen molar-refractivity contribution in [3.05, 3.63) is 66.1 Å². The van der Waals surface area contributed by atoms with Gasteiger partial charge in [0.05, 0.1) is 5.69 Å². The lowest BCUT2D eigenvalue weighted by molar-refractivity contribution is 0.573. The maximum atomic E-state index is 5.68. The Morgan fingerprint density at radius 1 is 1.05 bits per heavy atom. The van der Waals surface area contributed by atoms with Crippen LogP contribution in [0.25, 0.3) is 11.5 Å². The number of nitrogen functional groups attached to an aromatic ring is 1. The molecule has 0 spiro atoms. The van der Waals surface area contributed by atoms with Crippen molar-refractivity contribution in [2.75, 3.05) is 5.73 Å². The number of thioether (sulfide) groups is 1. The second kappa shape index (κ2) is 6.06. The van der Waals surface area contributed by atoms with Gasteiger partial charge in [-0.05, 0) is 43.3 Å². The Hall–Kier alpha value is -2.20. The summed E-state index contributed by atoms with van der Waals surface area (Å²) in [5, 5.41) is 0. The van der Waals surface area contributed by atoms with Crippen molar-refractivity contribution < 1.29 is 4.42 Å². The monoisotopic (exact) mass is 296 g/mol. The van der Waals surface area contributed by atoms with Crippen LogP contribution in [-0.4, -0.2) is 4.98 Å². The van der Waals surface area contributed by atoms with Crippen molar-refractivity contribution in [3.8, 4) is 11.5 Å². The first-order valence-electron chi connectivity index (χ1n) is 6.70. The number of aryl methyl sites for hydroxylation is 1. The molecule has 4 heteroatoms. The van der Waals surface area contributed by atoms with Crippen LogP contribution in [0, 0.1) is 6.92 Å². The Labute approximate surface area is 128 Å². The zero-order chi connectivity index (χ0) is 14.7. The highest BCUT2D eigenvalue weighted by molar-refractivity contribution is 7.98. The van der Waals surface area contributed by atoms with Crippen molar-refractivity contribution in [2.24, 2.45) is 0 Å². The number of benzene rings is 2. The van der Waals surface area contributed by atoms with Crippen molar-refractivity contribution in [3.63, 3.8) is 0 Å². The van der Waals surface area contributed by atoms with Gasteiger partial charge in [0.1, 0.15) is 6.26 Å². The zero-order valence-corrected chi connectivity index (χ0v) is 12.6. The summed E-state index contributed by atoms with van der Waals surface area (Å²) >= 11 is 1.72. The van der Waals surface area contributed by atoms with Gasteiger partial charge in [0.2, 0.25) is 5.89 Å². The number of anilines is 1. The van der Waals surface area contributed by atoms with E-state index in [0.29, 0.717) is 5.89 Å². The number of hydrogen-bond donors (Lipinski definition) is 1. The number of nitrogens with two attached hydrogens (primary N) is 1. The quantitative estimate of drug-likeness (QED) is 0.568. The molecule has 2 aromatic carbocycles. The minimum absolute atomic E-state index is 0.669. The fourth-order valence-corrected chi connectivity index (χ4v) is 2.70. The highest BCUT2D eigenvalue weighted by Gasteiger charge is 2.07. The fraction of sp³-hybridized carbons (Fsp3) is 0.118. The average Bonchev–Trinajstić information content (AvgIpc) is 2.96. The molecule has 0 fully saturated rings. The van der Waals surface area contributed by atoms with E-state index in [-0.39, 0.29) is 0 Å². The highest BCUT2D eigenvalue weighted by atomic mass is 32.2. The van der Waals surface area contributed by atoms with Gasteiger partial charge in [-0.2, -0.15) is 0 Å². The summed E-state index contributed by atoms with van der Waals surface area (Å²) in [6.07, 6.45) is 1.72. The maximum absolute atomic E-state index is 5.68. The Morgan fingerprint density at radius 3 is 2.48 bits per heavy atom. The van der Waals surface area contributed by atoms with E-state index >= 15 is 0 Å². The summed E-state index contributed by atoms with van der Waals surface area (Å²) in [6, 6.07) is 16.0. The second-order valence-electron chi connectivity index (χ2n) is 4.87. The molecule has 106 valence electrons. The van der Waals surface area contributed by atoms with Crippen LogP contribution in [0.5, 0.6) is 0 Å². The first-order chi connectivity index (χ1) is 10.2. The fourth-order valence-electron chi connectivity index (χ4n) is 1.92. The zero-order valence-electron chi connectivity index (χ0n) is 11.7. The lowest BCUT2D eigenvalue weighted by atomic mass is 10.1. The van der Waals surface area contributed by atoms with E-state index in [0.717, 1.165) is 22.7 Å². The second-order valence-corrected chi connectivity index (χ2v) is 5.92. The van der Waals surface area contributed by atoms with Crippen LogP contribution in [-0.2, 0) is 5.75 Å². The third kappa shape index (κ3) is 3.47. The molecule has 0 bridgehead atoms.